The van der Waals surface area contributed by atoms with Crippen molar-refractivity contribution in [3.8, 4) is 22.8 Å². The van der Waals surface area contributed by atoms with E-state index in [9.17, 15) is 22.0 Å². The number of aromatic nitrogens is 6. The molecular formula is C20H11F5N6O. The predicted octanol–water partition coefficient (Wildman–Crippen LogP) is 4.96. The third-order valence-electron chi connectivity index (χ3n) is 4.84. The van der Waals surface area contributed by atoms with E-state index in [0.29, 0.717) is 5.39 Å². The Morgan fingerprint density at radius 1 is 0.969 bits per heavy atom. The largest absolute Gasteiger partial charge is 0.459 e. The Hall–Kier alpha value is -3.96. The Morgan fingerprint density at radius 2 is 1.78 bits per heavy atom. The van der Waals surface area contributed by atoms with Gasteiger partial charge in [-0.25, -0.2) is 9.97 Å². The van der Waals surface area contributed by atoms with Crippen LogP contribution in [0.3, 0.4) is 0 Å². The van der Waals surface area contributed by atoms with Crippen LogP contribution in [0.25, 0.3) is 39.5 Å². The zero-order valence-corrected chi connectivity index (χ0v) is 16.1. The highest BCUT2D eigenvalue weighted by Crippen LogP contribution is 2.44. The van der Waals surface area contributed by atoms with Gasteiger partial charge in [-0.05, 0) is 36.8 Å². The number of nitrogens with zero attached hydrogens (tertiary/aromatic N) is 6. The molecule has 0 N–H and O–H groups in total. The number of hydrogen-bond acceptors (Lipinski definition) is 6. The predicted molar refractivity (Wildman–Crippen MR) is 102 cm³/mol. The van der Waals surface area contributed by atoms with Gasteiger partial charge >= 0.3 is 12.1 Å². The fourth-order valence-electron chi connectivity index (χ4n) is 3.26. The number of fused-ring (bicyclic) bond motifs is 3. The average molecular weight is 446 g/mol. The Labute approximate surface area is 175 Å². The van der Waals surface area contributed by atoms with Crippen molar-refractivity contribution in [1.29, 1.82) is 0 Å². The zero-order valence-electron chi connectivity index (χ0n) is 16.1. The molecular weight excluding hydrogens is 435 g/mol. The van der Waals surface area contributed by atoms with E-state index < -0.39 is 17.8 Å². The van der Waals surface area contributed by atoms with Crippen LogP contribution in [0.2, 0.25) is 0 Å². The molecule has 0 radical (unpaired) electrons. The van der Waals surface area contributed by atoms with Crippen LogP contribution in [-0.2, 0) is 5.92 Å². The van der Waals surface area contributed by atoms with Crippen LogP contribution in [0.1, 0.15) is 11.3 Å². The highest BCUT2D eigenvalue weighted by Gasteiger charge is 2.60. The molecule has 0 amide bonds. The van der Waals surface area contributed by atoms with Gasteiger partial charge in [0, 0.05) is 23.3 Å². The smallest absolute Gasteiger partial charge is 0.422 e. The van der Waals surface area contributed by atoms with Crippen LogP contribution in [-0.4, -0.2) is 35.7 Å². The van der Waals surface area contributed by atoms with Crippen molar-refractivity contribution in [2.75, 3.05) is 0 Å². The van der Waals surface area contributed by atoms with Gasteiger partial charge in [0.25, 0.3) is 5.89 Å². The Bertz CT molecular complexity index is 1440. The second-order valence-corrected chi connectivity index (χ2v) is 7.02. The fourth-order valence-corrected chi connectivity index (χ4v) is 3.26. The summed E-state index contributed by atoms with van der Waals surface area (Å²) in [7, 11) is 0. The van der Waals surface area contributed by atoms with Gasteiger partial charge in [-0.3, -0.25) is 9.38 Å². The van der Waals surface area contributed by atoms with Crippen molar-refractivity contribution in [2.24, 2.45) is 0 Å². The number of alkyl halides is 5. The van der Waals surface area contributed by atoms with E-state index in [1.165, 1.54) is 22.9 Å². The maximum Gasteiger partial charge on any atom is 0.459 e. The maximum atomic E-state index is 14.3. The summed E-state index contributed by atoms with van der Waals surface area (Å²) in [6.07, 6.45) is -1.88. The van der Waals surface area contributed by atoms with E-state index in [2.05, 4.69) is 25.1 Å². The quantitative estimate of drug-likeness (QED) is 0.365. The van der Waals surface area contributed by atoms with E-state index in [1.54, 1.807) is 25.1 Å². The second kappa shape index (κ2) is 6.77. The highest BCUT2D eigenvalue weighted by atomic mass is 19.4. The molecule has 0 aliphatic carbocycles. The number of imidazole rings is 1. The van der Waals surface area contributed by atoms with Gasteiger partial charge in [-0.15, -0.1) is 10.2 Å². The second-order valence-electron chi connectivity index (χ2n) is 7.02. The fraction of sp³-hybridized carbons (Fsp3) is 0.150. The minimum Gasteiger partial charge on any atom is -0.422 e. The van der Waals surface area contributed by atoms with Gasteiger partial charge in [-0.2, -0.15) is 22.0 Å². The van der Waals surface area contributed by atoms with E-state index in [-0.39, 0.29) is 34.1 Å². The Balaban J connectivity index is 1.85. The van der Waals surface area contributed by atoms with Crippen molar-refractivity contribution >= 4 is 16.7 Å². The molecule has 0 spiro atoms. The van der Waals surface area contributed by atoms with Gasteiger partial charge in [0.15, 0.2) is 0 Å². The third-order valence-corrected chi connectivity index (χ3v) is 4.84. The SMILES string of the molecule is Cc1ccc(-c2cc(C(F)(F)C(F)(F)F)nc3c2ccc2nc(-c4nnco4)cn23)nc1. The van der Waals surface area contributed by atoms with Gasteiger partial charge in [-0.1, -0.05) is 6.07 Å². The highest BCUT2D eigenvalue weighted by molar-refractivity contribution is 5.93. The minimum absolute atomic E-state index is 0.0547. The Morgan fingerprint density at radius 3 is 2.44 bits per heavy atom. The van der Waals surface area contributed by atoms with Gasteiger partial charge in [0.1, 0.15) is 22.7 Å². The number of aryl methyl sites for hydroxylation is 1. The van der Waals surface area contributed by atoms with Crippen molar-refractivity contribution in [1.82, 2.24) is 29.5 Å². The molecule has 12 heteroatoms. The van der Waals surface area contributed by atoms with E-state index >= 15 is 0 Å². The van der Waals surface area contributed by atoms with Crippen molar-refractivity contribution in [2.45, 2.75) is 19.0 Å². The molecule has 0 aromatic carbocycles. The molecule has 0 bridgehead atoms. The van der Waals surface area contributed by atoms with Crippen molar-refractivity contribution in [3.05, 3.63) is 60.4 Å². The molecule has 0 aliphatic heterocycles. The summed E-state index contributed by atoms with van der Waals surface area (Å²) in [5, 5.41) is 7.59. The lowest BCUT2D eigenvalue weighted by Gasteiger charge is -2.20. The summed E-state index contributed by atoms with van der Waals surface area (Å²) >= 11 is 0. The summed E-state index contributed by atoms with van der Waals surface area (Å²) in [5.74, 6) is -5.13. The number of pyridine rings is 3. The van der Waals surface area contributed by atoms with E-state index in [0.717, 1.165) is 18.0 Å². The molecule has 0 saturated carbocycles. The molecule has 5 heterocycles. The molecule has 162 valence electrons. The first-order valence-corrected chi connectivity index (χ1v) is 9.12. The van der Waals surface area contributed by atoms with Gasteiger partial charge in [0.2, 0.25) is 6.39 Å². The topological polar surface area (TPSA) is 82.0 Å². The summed E-state index contributed by atoms with van der Waals surface area (Å²) in [6, 6.07) is 7.05. The van der Waals surface area contributed by atoms with Crippen LogP contribution < -0.4 is 0 Å². The molecule has 0 atom stereocenters. The average Bonchev–Trinajstić information content (AvgIpc) is 3.42. The van der Waals surface area contributed by atoms with Crippen LogP contribution >= 0.6 is 0 Å². The summed E-state index contributed by atoms with van der Waals surface area (Å²) in [5.41, 5.74) is -0.0555. The molecule has 0 saturated heterocycles. The van der Waals surface area contributed by atoms with Crippen molar-refractivity contribution in [3.63, 3.8) is 0 Å². The molecule has 5 aromatic heterocycles. The number of hydrogen-bond donors (Lipinski definition) is 0. The first-order valence-electron chi connectivity index (χ1n) is 9.12. The standard InChI is InChI=1S/C20H11F5N6O/c1-10-2-4-13(26-7-10)12-6-15(19(21,22)20(23,24)25)29-17-11(12)3-5-16-28-14(8-31(16)17)18-30-27-9-32-18/h2-9H,1H3. The van der Waals surface area contributed by atoms with Crippen LogP contribution in [0, 0.1) is 6.92 Å². The monoisotopic (exact) mass is 446 g/mol. The molecule has 0 fully saturated rings. The van der Waals surface area contributed by atoms with E-state index in [4.69, 9.17) is 4.42 Å². The van der Waals surface area contributed by atoms with Gasteiger partial charge < -0.3 is 4.42 Å². The molecule has 5 rings (SSSR count). The molecule has 7 nitrogen and oxygen atoms in total. The molecule has 0 unspecified atom stereocenters. The van der Waals surface area contributed by atoms with Crippen LogP contribution in [0.15, 0.2) is 53.5 Å². The number of rotatable bonds is 3. The zero-order chi connectivity index (χ0) is 22.7. The third kappa shape index (κ3) is 3.06. The first kappa shape index (κ1) is 20.0. The first-order chi connectivity index (χ1) is 15.1. The lowest BCUT2D eigenvalue weighted by atomic mass is 10.0. The maximum absolute atomic E-state index is 14.3. The minimum atomic E-state index is -5.83. The van der Waals surface area contributed by atoms with Crippen molar-refractivity contribution < 1.29 is 26.4 Å². The van der Waals surface area contributed by atoms with Crippen LogP contribution in [0.5, 0.6) is 0 Å². The molecule has 0 aliphatic rings. The lowest BCUT2D eigenvalue weighted by Crippen LogP contribution is -2.34. The van der Waals surface area contributed by atoms with Crippen LogP contribution in [0.4, 0.5) is 22.0 Å². The Kier molecular flexibility index (Phi) is 4.23. The number of halogens is 5. The summed E-state index contributed by atoms with van der Waals surface area (Å²) < 4.78 is 74.5. The summed E-state index contributed by atoms with van der Waals surface area (Å²) in [6.45, 7) is 1.78. The molecule has 32 heavy (non-hydrogen) atoms. The normalized spacial score (nSPS) is 12.7. The summed E-state index contributed by atoms with van der Waals surface area (Å²) in [4.78, 5) is 12.2. The van der Waals surface area contributed by atoms with Gasteiger partial charge in [0.05, 0.1) is 5.69 Å². The van der Waals surface area contributed by atoms with E-state index in [1.807, 2.05) is 0 Å². The molecule has 5 aromatic rings. The lowest BCUT2D eigenvalue weighted by molar-refractivity contribution is -0.290.